The normalized spacial score (nSPS) is 10.4. The molecule has 0 aliphatic carbocycles. The molecule has 3 aromatic rings. The Labute approximate surface area is 130 Å². The molecule has 0 atom stereocenters. The van der Waals surface area contributed by atoms with E-state index in [4.69, 9.17) is 0 Å². The first-order valence-electron chi connectivity index (χ1n) is 6.39. The van der Waals surface area contributed by atoms with Crippen LogP contribution in [0.1, 0.15) is 12.5 Å². The monoisotopic (exact) mass is 364 g/mol. The van der Waals surface area contributed by atoms with Crippen LogP contribution in [0, 0.1) is 0 Å². The van der Waals surface area contributed by atoms with Crippen molar-refractivity contribution >= 4 is 11.0 Å². The molecule has 0 radical (unpaired) electrons. The number of rotatable bonds is 3. The SMILES string of the molecule is CCn1c[n+](Cc2ccccc2)c2ccccc21.[I-]. The van der Waals surface area contributed by atoms with Crippen molar-refractivity contribution in [2.45, 2.75) is 20.0 Å². The molecule has 98 valence electrons. The van der Waals surface area contributed by atoms with Gasteiger partial charge in [-0.15, -0.1) is 0 Å². The van der Waals surface area contributed by atoms with Crippen molar-refractivity contribution < 1.29 is 28.5 Å². The summed E-state index contributed by atoms with van der Waals surface area (Å²) in [6.45, 7) is 4.11. The maximum atomic E-state index is 2.31. The van der Waals surface area contributed by atoms with Crippen LogP contribution in [0.3, 0.4) is 0 Å². The van der Waals surface area contributed by atoms with Crippen LogP contribution in [0.4, 0.5) is 0 Å². The second kappa shape index (κ2) is 6.19. The van der Waals surface area contributed by atoms with Crippen LogP contribution in [-0.4, -0.2) is 4.57 Å². The van der Waals surface area contributed by atoms with Crippen molar-refractivity contribution in [1.29, 1.82) is 0 Å². The first-order valence-corrected chi connectivity index (χ1v) is 6.39. The van der Waals surface area contributed by atoms with Crippen molar-refractivity contribution in [3.8, 4) is 0 Å². The highest BCUT2D eigenvalue weighted by Gasteiger charge is 2.13. The van der Waals surface area contributed by atoms with E-state index in [1.165, 1.54) is 16.6 Å². The molecule has 19 heavy (non-hydrogen) atoms. The third-order valence-electron chi connectivity index (χ3n) is 3.32. The number of halogens is 1. The van der Waals surface area contributed by atoms with Crippen molar-refractivity contribution in [3.63, 3.8) is 0 Å². The summed E-state index contributed by atoms with van der Waals surface area (Å²) in [6, 6.07) is 19.2. The lowest BCUT2D eigenvalue weighted by molar-refractivity contribution is -0.663. The fraction of sp³-hybridized carbons (Fsp3) is 0.188. The molecule has 3 heteroatoms. The van der Waals surface area contributed by atoms with E-state index in [1.54, 1.807) is 0 Å². The zero-order chi connectivity index (χ0) is 12.4. The topological polar surface area (TPSA) is 8.81 Å². The minimum absolute atomic E-state index is 0. The Balaban J connectivity index is 0.00000133. The second-order valence-electron chi connectivity index (χ2n) is 4.50. The Morgan fingerprint density at radius 2 is 1.63 bits per heavy atom. The molecule has 0 fully saturated rings. The third kappa shape index (κ3) is 2.81. The van der Waals surface area contributed by atoms with Gasteiger partial charge in [-0.25, -0.2) is 9.13 Å². The van der Waals surface area contributed by atoms with Gasteiger partial charge in [0.15, 0.2) is 11.0 Å². The molecule has 0 saturated carbocycles. The van der Waals surface area contributed by atoms with E-state index in [2.05, 4.69) is 77.0 Å². The van der Waals surface area contributed by atoms with Crippen LogP contribution in [0.25, 0.3) is 11.0 Å². The lowest BCUT2D eigenvalue weighted by Gasteiger charge is -1.97. The molecule has 1 heterocycles. The van der Waals surface area contributed by atoms with Crippen LogP contribution in [-0.2, 0) is 13.1 Å². The summed E-state index contributed by atoms with van der Waals surface area (Å²) in [6.07, 6.45) is 2.21. The Bertz CT molecular complexity index is 659. The van der Waals surface area contributed by atoms with Crippen LogP contribution >= 0.6 is 0 Å². The number of aromatic nitrogens is 2. The van der Waals surface area contributed by atoms with E-state index in [9.17, 15) is 0 Å². The molecule has 0 amide bonds. The van der Waals surface area contributed by atoms with E-state index in [-0.39, 0.29) is 24.0 Å². The molecule has 0 saturated heterocycles. The van der Waals surface area contributed by atoms with E-state index in [1.807, 2.05) is 0 Å². The molecule has 0 N–H and O–H groups in total. The molecule has 2 nitrogen and oxygen atoms in total. The lowest BCUT2D eigenvalue weighted by Crippen LogP contribution is -3.00. The first kappa shape index (κ1) is 14.1. The largest absolute Gasteiger partial charge is 1.00 e. The number of imidazole rings is 1. The number of fused-ring (bicyclic) bond motifs is 1. The average molecular weight is 364 g/mol. The van der Waals surface area contributed by atoms with Gasteiger partial charge in [-0.3, -0.25) is 0 Å². The molecule has 0 aliphatic rings. The van der Waals surface area contributed by atoms with Crippen molar-refractivity contribution in [3.05, 3.63) is 66.5 Å². The van der Waals surface area contributed by atoms with Crippen molar-refractivity contribution in [2.24, 2.45) is 0 Å². The van der Waals surface area contributed by atoms with Gasteiger partial charge in [0, 0.05) is 0 Å². The van der Waals surface area contributed by atoms with Crippen LogP contribution < -0.4 is 28.5 Å². The van der Waals surface area contributed by atoms with Crippen LogP contribution in [0.5, 0.6) is 0 Å². The highest BCUT2D eigenvalue weighted by Crippen LogP contribution is 2.11. The smallest absolute Gasteiger partial charge is 0.245 e. The summed E-state index contributed by atoms with van der Waals surface area (Å²) in [4.78, 5) is 0. The second-order valence-corrected chi connectivity index (χ2v) is 4.50. The van der Waals surface area contributed by atoms with Gasteiger partial charge in [0.25, 0.3) is 0 Å². The van der Waals surface area contributed by atoms with Gasteiger partial charge in [-0.2, -0.15) is 0 Å². The van der Waals surface area contributed by atoms with E-state index in [0.29, 0.717) is 0 Å². The minimum atomic E-state index is 0. The Hall–Kier alpha value is -1.36. The van der Waals surface area contributed by atoms with Gasteiger partial charge in [0.05, 0.1) is 6.54 Å². The van der Waals surface area contributed by atoms with E-state index < -0.39 is 0 Å². The molecule has 3 rings (SSSR count). The number of aryl methyl sites for hydroxylation is 1. The standard InChI is InChI=1S/C16H17N2.HI/c1-2-17-13-18(12-14-8-4-3-5-9-14)16-11-7-6-10-15(16)17;/h3-11,13H,2,12H2,1H3;1H/q+1;/p-1. The molecule has 0 spiro atoms. The number of para-hydroxylation sites is 2. The lowest BCUT2D eigenvalue weighted by atomic mass is 10.2. The fourth-order valence-corrected chi connectivity index (χ4v) is 2.40. The number of benzene rings is 2. The Morgan fingerprint density at radius 1 is 0.947 bits per heavy atom. The van der Waals surface area contributed by atoms with E-state index >= 15 is 0 Å². The van der Waals surface area contributed by atoms with Gasteiger partial charge in [-0.1, -0.05) is 42.5 Å². The summed E-state index contributed by atoms with van der Waals surface area (Å²) < 4.78 is 4.60. The summed E-state index contributed by atoms with van der Waals surface area (Å²) in [5.74, 6) is 0. The molecule has 0 aliphatic heterocycles. The number of hydrogen-bond acceptors (Lipinski definition) is 0. The average Bonchev–Trinajstić information content (AvgIpc) is 2.78. The van der Waals surface area contributed by atoms with Gasteiger partial charge >= 0.3 is 0 Å². The molecule has 0 unspecified atom stereocenters. The zero-order valence-corrected chi connectivity index (χ0v) is 13.1. The fourth-order valence-electron chi connectivity index (χ4n) is 2.40. The molecule has 2 aromatic carbocycles. The maximum Gasteiger partial charge on any atom is 0.245 e. The molecule has 0 bridgehead atoms. The van der Waals surface area contributed by atoms with Crippen LogP contribution in [0.2, 0.25) is 0 Å². The Morgan fingerprint density at radius 3 is 2.37 bits per heavy atom. The van der Waals surface area contributed by atoms with Gasteiger partial charge in [0.1, 0.15) is 6.54 Å². The number of hydrogen-bond donors (Lipinski definition) is 0. The molecular formula is C16H17IN2. The zero-order valence-electron chi connectivity index (χ0n) is 11.0. The predicted molar refractivity (Wildman–Crippen MR) is 73.4 cm³/mol. The molecule has 1 aromatic heterocycles. The van der Waals surface area contributed by atoms with Crippen LogP contribution in [0.15, 0.2) is 60.9 Å². The number of nitrogens with zero attached hydrogens (tertiary/aromatic N) is 2. The summed E-state index contributed by atoms with van der Waals surface area (Å²) in [5, 5.41) is 0. The van der Waals surface area contributed by atoms with Crippen molar-refractivity contribution in [2.75, 3.05) is 0 Å². The third-order valence-corrected chi connectivity index (χ3v) is 3.32. The van der Waals surface area contributed by atoms with Gasteiger partial charge in [0.2, 0.25) is 6.33 Å². The minimum Gasteiger partial charge on any atom is -1.00 e. The summed E-state index contributed by atoms with van der Waals surface area (Å²) in [7, 11) is 0. The summed E-state index contributed by atoms with van der Waals surface area (Å²) >= 11 is 0. The van der Waals surface area contributed by atoms with Gasteiger partial charge < -0.3 is 24.0 Å². The highest BCUT2D eigenvalue weighted by atomic mass is 127. The first-order chi connectivity index (χ1) is 8.88. The highest BCUT2D eigenvalue weighted by molar-refractivity contribution is 5.71. The maximum absolute atomic E-state index is 2.31. The van der Waals surface area contributed by atoms with Gasteiger partial charge in [-0.05, 0) is 24.6 Å². The summed E-state index contributed by atoms with van der Waals surface area (Å²) in [5.41, 5.74) is 3.93. The quantitative estimate of drug-likeness (QED) is 0.457. The predicted octanol–water partition coefficient (Wildman–Crippen LogP) is 0.00100. The Kier molecular flexibility index (Phi) is 4.58. The van der Waals surface area contributed by atoms with Crippen molar-refractivity contribution in [1.82, 2.24) is 4.57 Å². The van der Waals surface area contributed by atoms with E-state index in [0.717, 1.165) is 13.1 Å². The molecular weight excluding hydrogens is 347 g/mol.